The largest absolute Gasteiger partial charge is 0.467 e. The first-order valence-electron chi connectivity index (χ1n) is 10.1. The highest BCUT2D eigenvalue weighted by molar-refractivity contribution is 8.00. The molecule has 10 heteroatoms. The van der Waals surface area contributed by atoms with Crippen LogP contribution in [0, 0.1) is 0 Å². The smallest absolute Gasteiger partial charge is 0.237 e. The Bertz CT molecular complexity index is 1380. The van der Waals surface area contributed by atoms with Gasteiger partial charge in [0.2, 0.25) is 11.1 Å². The van der Waals surface area contributed by atoms with Gasteiger partial charge in [-0.2, -0.15) is 0 Å². The fourth-order valence-electron chi connectivity index (χ4n) is 3.56. The number of rotatable bonds is 6. The van der Waals surface area contributed by atoms with Crippen LogP contribution in [0.4, 0.5) is 5.69 Å². The predicted octanol–water partition coefficient (Wildman–Crippen LogP) is 3.21. The number of furan rings is 1. The van der Waals surface area contributed by atoms with E-state index in [2.05, 4.69) is 20.8 Å². The van der Waals surface area contributed by atoms with E-state index in [1.165, 1.54) is 11.8 Å². The number of nitrogens with zero attached hydrogens (tertiary/aromatic N) is 4. The summed E-state index contributed by atoms with van der Waals surface area (Å²) in [6, 6.07) is 15.1. The molecule has 0 spiro atoms. The van der Waals surface area contributed by atoms with Crippen molar-refractivity contribution in [1.29, 1.82) is 0 Å². The molecule has 2 aromatic heterocycles. The van der Waals surface area contributed by atoms with E-state index in [1.807, 2.05) is 6.07 Å². The van der Waals surface area contributed by atoms with Gasteiger partial charge in [0, 0.05) is 27.9 Å². The molecule has 0 saturated heterocycles. The van der Waals surface area contributed by atoms with Crippen molar-refractivity contribution in [2.45, 2.75) is 23.9 Å². The lowest BCUT2D eigenvalue weighted by Crippen LogP contribution is -2.24. The van der Waals surface area contributed by atoms with Gasteiger partial charge in [-0.05, 0) is 47.7 Å². The quantitative estimate of drug-likeness (QED) is 0.384. The Morgan fingerprint density at radius 2 is 1.76 bits per heavy atom. The van der Waals surface area contributed by atoms with Crippen LogP contribution >= 0.6 is 11.8 Å². The molecule has 164 valence electrons. The molecule has 2 heterocycles. The molecule has 0 bridgehead atoms. The summed E-state index contributed by atoms with van der Waals surface area (Å²) in [5.74, 6) is -0.0418. The minimum absolute atomic E-state index is 0.203. The lowest BCUT2D eigenvalue weighted by atomic mass is 9.84. The highest BCUT2D eigenvalue weighted by Crippen LogP contribution is 2.29. The monoisotopic (exact) mass is 459 g/mol. The minimum Gasteiger partial charge on any atom is -0.467 e. The number of hydrogen-bond donors (Lipinski definition) is 1. The van der Waals surface area contributed by atoms with Crippen molar-refractivity contribution in [1.82, 2.24) is 20.2 Å². The number of benzene rings is 2. The normalized spacial score (nSPS) is 13.4. The van der Waals surface area contributed by atoms with Gasteiger partial charge in [0.15, 0.2) is 11.6 Å². The zero-order chi connectivity index (χ0) is 22.9. The number of aromatic nitrogens is 4. The molecule has 1 N–H and O–H groups in total. The number of anilines is 1. The zero-order valence-electron chi connectivity index (χ0n) is 17.4. The number of amides is 1. The predicted molar refractivity (Wildman–Crippen MR) is 119 cm³/mol. The molecule has 1 amide bonds. The lowest BCUT2D eigenvalue weighted by molar-refractivity contribution is -0.115. The van der Waals surface area contributed by atoms with Crippen LogP contribution in [-0.4, -0.2) is 42.9 Å². The van der Waals surface area contributed by atoms with Gasteiger partial charge in [-0.1, -0.05) is 36.0 Å². The summed E-state index contributed by atoms with van der Waals surface area (Å²) in [7, 11) is 0. The van der Waals surface area contributed by atoms with Gasteiger partial charge >= 0.3 is 0 Å². The summed E-state index contributed by atoms with van der Waals surface area (Å²) in [6.45, 7) is 2.08. The summed E-state index contributed by atoms with van der Waals surface area (Å²) >= 11 is 1.20. The van der Waals surface area contributed by atoms with Gasteiger partial charge in [-0.3, -0.25) is 14.4 Å². The van der Waals surface area contributed by atoms with Crippen molar-refractivity contribution in [3.63, 3.8) is 0 Å². The molecule has 1 atom stereocenters. The molecule has 0 radical (unpaired) electrons. The number of thioether (sulfide) groups is 1. The Balaban J connectivity index is 1.30. The number of carbonyl (C=O) groups is 3. The molecule has 33 heavy (non-hydrogen) atoms. The Kier molecular flexibility index (Phi) is 5.35. The summed E-state index contributed by atoms with van der Waals surface area (Å²) in [5.41, 5.74) is 1.80. The summed E-state index contributed by atoms with van der Waals surface area (Å²) in [5, 5.41) is 14.4. The van der Waals surface area contributed by atoms with E-state index in [9.17, 15) is 14.4 Å². The molecule has 4 aromatic rings. The van der Waals surface area contributed by atoms with Gasteiger partial charge in [0.1, 0.15) is 12.3 Å². The highest BCUT2D eigenvalue weighted by Gasteiger charge is 2.29. The van der Waals surface area contributed by atoms with Gasteiger partial charge in [-0.15, -0.1) is 5.10 Å². The van der Waals surface area contributed by atoms with Crippen molar-refractivity contribution in [2.75, 3.05) is 5.32 Å². The van der Waals surface area contributed by atoms with E-state index in [0.717, 1.165) is 0 Å². The Hall–Kier alpha value is -4.05. The first-order chi connectivity index (χ1) is 16.0. The number of nitrogens with one attached hydrogen (secondary N) is 1. The maximum atomic E-state index is 12.9. The van der Waals surface area contributed by atoms with Gasteiger partial charge < -0.3 is 9.73 Å². The molecular formula is C23H17N5O4S. The molecular weight excluding hydrogens is 442 g/mol. The van der Waals surface area contributed by atoms with Crippen molar-refractivity contribution in [3.05, 3.63) is 88.9 Å². The average Bonchev–Trinajstić information content (AvgIpc) is 3.50. The molecule has 9 nitrogen and oxygen atoms in total. The van der Waals surface area contributed by atoms with E-state index >= 15 is 0 Å². The lowest BCUT2D eigenvalue weighted by Gasteiger charge is -2.18. The Labute approximate surface area is 192 Å². The molecule has 0 aliphatic heterocycles. The SMILES string of the molecule is CC(Sc1nnnn1Cc1ccco1)C(=O)Nc1ccc2c(c1)C(=O)c1ccccc1C2=O. The molecule has 5 rings (SSSR count). The van der Waals surface area contributed by atoms with Gasteiger partial charge in [-0.25, -0.2) is 4.68 Å². The van der Waals surface area contributed by atoms with Crippen LogP contribution in [0.15, 0.2) is 70.4 Å². The van der Waals surface area contributed by atoms with Crippen LogP contribution in [0.25, 0.3) is 0 Å². The van der Waals surface area contributed by atoms with Gasteiger partial charge in [0.05, 0.1) is 11.5 Å². The van der Waals surface area contributed by atoms with E-state index < -0.39 is 5.25 Å². The summed E-state index contributed by atoms with van der Waals surface area (Å²) in [6.07, 6.45) is 1.57. The summed E-state index contributed by atoms with van der Waals surface area (Å²) in [4.78, 5) is 38.5. The molecule has 1 unspecified atom stereocenters. The van der Waals surface area contributed by atoms with E-state index in [1.54, 1.807) is 66.4 Å². The maximum absolute atomic E-state index is 12.9. The second-order valence-electron chi connectivity index (χ2n) is 7.41. The standard InChI is InChI=1S/C23H17N5O4S/c1-13(33-23-25-26-27-28(23)12-15-5-4-10-32-15)22(31)24-14-8-9-18-19(11-14)21(30)17-7-3-2-6-16(17)20(18)29/h2-11,13H,12H2,1H3,(H,24,31). The third-order valence-corrected chi connectivity index (χ3v) is 6.30. The number of ketones is 2. The van der Waals surface area contributed by atoms with Crippen LogP contribution in [-0.2, 0) is 11.3 Å². The zero-order valence-corrected chi connectivity index (χ0v) is 18.2. The van der Waals surface area contributed by atoms with Crippen LogP contribution < -0.4 is 5.32 Å². The second-order valence-corrected chi connectivity index (χ2v) is 8.72. The second kappa shape index (κ2) is 8.47. The molecule has 0 saturated carbocycles. The topological polar surface area (TPSA) is 120 Å². The van der Waals surface area contributed by atoms with Crippen LogP contribution in [0.5, 0.6) is 0 Å². The average molecular weight is 459 g/mol. The fraction of sp³-hybridized carbons (Fsp3) is 0.130. The molecule has 0 fully saturated rings. The number of hydrogen-bond acceptors (Lipinski definition) is 8. The van der Waals surface area contributed by atoms with E-state index in [0.29, 0.717) is 39.8 Å². The highest BCUT2D eigenvalue weighted by atomic mass is 32.2. The number of tetrazole rings is 1. The first-order valence-corrected chi connectivity index (χ1v) is 11.0. The molecule has 2 aromatic carbocycles. The van der Waals surface area contributed by atoms with E-state index in [-0.39, 0.29) is 23.0 Å². The fourth-order valence-corrected chi connectivity index (χ4v) is 4.35. The minimum atomic E-state index is -0.527. The Morgan fingerprint density at radius 1 is 1.03 bits per heavy atom. The van der Waals surface area contributed by atoms with Crippen LogP contribution in [0.3, 0.4) is 0 Å². The number of fused-ring (bicyclic) bond motifs is 2. The van der Waals surface area contributed by atoms with Gasteiger partial charge in [0.25, 0.3) is 0 Å². The van der Waals surface area contributed by atoms with E-state index in [4.69, 9.17) is 4.42 Å². The first kappa shape index (κ1) is 20.8. The van der Waals surface area contributed by atoms with Crippen LogP contribution in [0.1, 0.15) is 44.5 Å². The van der Waals surface area contributed by atoms with Crippen molar-refractivity contribution >= 4 is 34.9 Å². The maximum Gasteiger partial charge on any atom is 0.237 e. The van der Waals surface area contributed by atoms with Crippen molar-refractivity contribution in [3.8, 4) is 0 Å². The third-order valence-electron chi connectivity index (χ3n) is 5.23. The molecule has 1 aliphatic rings. The Morgan fingerprint density at radius 3 is 2.48 bits per heavy atom. The van der Waals surface area contributed by atoms with Crippen LogP contribution in [0.2, 0.25) is 0 Å². The number of carbonyl (C=O) groups excluding carboxylic acids is 3. The van der Waals surface area contributed by atoms with Crippen molar-refractivity contribution < 1.29 is 18.8 Å². The summed E-state index contributed by atoms with van der Waals surface area (Å²) < 4.78 is 6.87. The third kappa shape index (κ3) is 3.96. The van der Waals surface area contributed by atoms with Crippen molar-refractivity contribution in [2.24, 2.45) is 0 Å². The molecule has 1 aliphatic carbocycles.